The fourth-order valence-corrected chi connectivity index (χ4v) is 5.60. The van der Waals surface area contributed by atoms with Crippen molar-refractivity contribution in [2.75, 3.05) is 0 Å². The van der Waals surface area contributed by atoms with Crippen LogP contribution in [-0.4, -0.2) is 21.7 Å². The van der Waals surface area contributed by atoms with Crippen LogP contribution in [-0.2, 0) is 24.1 Å². The van der Waals surface area contributed by atoms with E-state index in [4.69, 9.17) is 4.98 Å². The topological polar surface area (TPSA) is 50.2 Å². The second kappa shape index (κ2) is 9.93. The number of aryl methyl sites for hydroxylation is 3. The molecular formula is C27H34FNO2. The number of carbonyl (C=O) groups is 1. The van der Waals surface area contributed by atoms with Crippen molar-refractivity contribution < 1.29 is 14.3 Å². The molecule has 3 atom stereocenters. The number of alkyl halides is 1. The third-order valence-electron chi connectivity index (χ3n) is 7.28. The Balaban J connectivity index is 1.23. The summed E-state index contributed by atoms with van der Waals surface area (Å²) in [5, 5.41) is 9.76. The summed E-state index contributed by atoms with van der Waals surface area (Å²) in [5.41, 5.74) is 3.46. The summed E-state index contributed by atoms with van der Waals surface area (Å²) in [6.07, 6.45) is 10.7. The van der Waals surface area contributed by atoms with E-state index < -0.39 is 17.6 Å². The molecule has 1 aromatic heterocycles. The number of unbranched alkanes of at least 4 members (excludes halogenated alkanes) is 2. The molecule has 1 saturated carbocycles. The van der Waals surface area contributed by atoms with E-state index in [1.807, 2.05) is 30.3 Å². The quantitative estimate of drug-likeness (QED) is 0.472. The molecule has 1 N–H and O–H groups in total. The summed E-state index contributed by atoms with van der Waals surface area (Å²) < 4.78 is 15.4. The van der Waals surface area contributed by atoms with Crippen LogP contribution in [0.15, 0.2) is 42.5 Å². The highest BCUT2D eigenvalue weighted by Crippen LogP contribution is 2.47. The third kappa shape index (κ3) is 5.53. The van der Waals surface area contributed by atoms with E-state index in [0.717, 1.165) is 44.1 Å². The van der Waals surface area contributed by atoms with Crippen LogP contribution in [0, 0.1) is 5.92 Å². The van der Waals surface area contributed by atoms with Gasteiger partial charge in [0.05, 0.1) is 5.92 Å². The number of aromatic nitrogens is 1. The highest BCUT2D eigenvalue weighted by atomic mass is 19.1. The monoisotopic (exact) mass is 423 g/mol. The average molecular weight is 424 g/mol. The molecule has 0 saturated heterocycles. The van der Waals surface area contributed by atoms with Crippen LogP contribution in [0.5, 0.6) is 0 Å². The van der Waals surface area contributed by atoms with Crippen LogP contribution in [0.1, 0.15) is 86.2 Å². The number of pyridine rings is 1. The van der Waals surface area contributed by atoms with Crippen molar-refractivity contribution in [3.05, 3.63) is 65.0 Å². The first-order valence-electron chi connectivity index (χ1n) is 12.0. The first kappa shape index (κ1) is 22.0. The molecule has 4 heteroatoms. The Morgan fingerprint density at radius 2 is 1.90 bits per heavy atom. The number of aliphatic carboxylic acids is 1. The van der Waals surface area contributed by atoms with Crippen LogP contribution in [0.25, 0.3) is 0 Å². The van der Waals surface area contributed by atoms with E-state index in [1.165, 1.54) is 29.8 Å². The molecule has 0 amide bonds. The maximum Gasteiger partial charge on any atom is 0.311 e. The van der Waals surface area contributed by atoms with Crippen molar-refractivity contribution in [3.63, 3.8) is 0 Å². The molecule has 2 aliphatic rings. The minimum atomic E-state index is -1.21. The molecule has 0 spiro atoms. The first-order valence-corrected chi connectivity index (χ1v) is 12.0. The van der Waals surface area contributed by atoms with Crippen molar-refractivity contribution >= 4 is 5.97 Å². The summed E-state index contributed by atoms with van der Waals surface area (Å²) in [6.45, 7) is 0. The number of benzene rings is 1. The Morgan fingerprint density at radius 1 is 1.10 bits per heavy atom. The molecule has 3 unspecified atom stereocenters. The standard InChI is InChI=1S/C27H34FNO2/c28-27(18-16-22(19-27)25(26(30)31)21-10-3-1-4-11-21)17-8-2-5-12-23-15-14-20-9-6-7-13-24(20)29-23/h1,3-4,10-11,14-15,22,25H,2,5-9,12-13,16-19H2,(H,30,31). The Kier molecular flexibility index (Phi) is 7.04. The van der Waals surface area contributed by atoms with Gasteiger partial charge in [-0.25, -0.2) is 4.39 Å². The molecule has 1 heterocycles. The van der Waals surface area contributed by atoms with Gasteiger partial charge in [0.2, 0.25) is 0 Å². The molecule has 2 aromatic rings. The number of hydrogen-bond donors (Lipinski definition) is 1. The molecule has 1 aromatic carbocycles. The van der Waals surface area contributed by atoms with Crippen LogP contribution >= 0.6 is 0 Å². The molecule has 0 aliphatic heterocycles. The Labute approximate surface area is 185 Å². The zero-order valence-electron chi connectivity index (χ0n) is 18.4. The minimum Gasteiger partial charge on any atom is -0.481 e. The number of carboxylic acid groups (broad SMARTS) is 1. The summed E-state index contributed by atoms with van der Waals surface area (Å²) in [6, 6.07) is 13.7. The van der Waals surface area contributed by atoms with Gasteiger partial charge in [0.25, 0.3) is 0 Å². The Hall–Kier alpha value is -2.23. The molecule has 1 fully saturated rings. The normalized spacial score (nSPS) is 24.0. The maximum atomic E-state index is 15.4. The van der Waals surface area contributed by atoms with E-state index in [2.05, 4.69) is 12.1 Å². The average Bonchev–Trinajstić information content (AvgIpc) is 3.15. The van der Waals surface area contributed by atoms with E-state index in [0.29, 0.717) is 25.7 Å². The lowest BCUT2D eigenvalue weighted by atomic mass is 9.83. The lowest BCUT2D eigenvalue weighted by molar-refractivity contribution is -0.140. The molecule has 4 rings (SSSR count). The van der Waals surface area contributed by atoms with Gasteiger partial charge in [-0.1, -0.05) is 49.2 Å². The molecule has 166 valence electrons. The van der Waals surface area contributed by atoms with Gasteiger partial charge in [-0.2, -0.15) is 0 Å². The number of halogens is 1. The first-order chi connectivity index (χ1) is 15.0. The van der Waals surface area contributed by atoms with Crippen LogP contribution < -0.4 is 0 Å². The minimum absolute atomic E-state index is 0.121. The molecule has 2 aliphatic carbocycles. The van der Waals surface area contributed by atoms with Crippen LogP contribution in [0.4, 0.5) is 4.39 Å². The zero-order chi connectivity index (χ0) is 21.7. The van der Waals surface area contributed by atoms with Crippen molar-refractivity contribution in [1.29, 1.82) is 0 Å². The van der Waals surface area contributed by atoms with Gasteiger partial charge in [0.15, 0.2) is 0 Å². The summed E-state index contributed by atoms with van der Waals surface area (Å²) in [7, 11) is 0. The van der Waals surface area contributed by atoms with Crippen molar-refractivity contribution in [3.8, 4) is 0 Å². The van der Waals surface area contributed by atoms with Crippen molar-refractivity contribution in [2.24, 2.45) is 5.92 Å². The van der Waals surface area contributed by atoms with Gasteiger partial charge < -0.3 is 5.11 Å². The number of hydrogen-bond acceptors (Lipinski definition) is 2. The molecule has 31 heavy (non-hydrogen) atoms. The second-order valence-electron chi connectivity index (χ2n) is 9.56. The third-order valence-corrected chi connectivity index (χ3v) is 7.28. The van der Waals surface area contributed by atoms with Gasteiger partial charge in [0, 0.05) is 11.4 Å². The van der Waals surface area contributed by atoms with Gasteiger partial charge in [-0.15, -0.1) is 0 Å². The Morgan fingerprint density at radius 3 is 2.71 bits per heavy atom. The van der Waals surface area contributed by atoms with Crippen LogP contribution in [0.3, 0.4) is 0 Å². The lowest BCUT2D eigenvalue weighted by Gasteiger charge is -2.23. The van der Waals surface area contributed by atoms with Gasteiger partial charge >= 0.3 is 5.97 Å². The number of carboxylic acids is 1. The molecule has 0 bridgehead atoms. The lowest BCUT2D eigenvalue weighted by Crippen LogP contribution is -2.23. The van der Waals surface area contributed by atoms with Crippen molar-refractivity contribution in [2.45, 2.75) is 88.6 Å². The van der Waals surface area contributed by atoms with E-state index in [-0.39, 0.29) is 5.92 Å². The largest absolute Gasteiger partial charge is 0.481 e. The van der Waals surface area contributed by atoms with E-state index in [1.54, 1.807) is 0 Å². The van der Waals surface area contributed by atoms with E-state index in [9.17, 15) is 9.90 Å². The van der Waals surface area contributed by atoms with E-state index >= 15 is 4.39 Å². The van der Waals surface area contributed by atoms with Gasteiger partial charge in [-0.3, -0.25) is 9.78 Å². The van der Waals surface area contributed by atoms with Crippen LogP contribution in [0.2, 0.25) is 0 Å². The van der Waals surface area contributed by atoms with Crippen molar-refractivity contribution in [1.82, 2.24) is 4.98 Å². The highest BCUT2D eigenvalue weighted by molar-refractivity contribution is 5.76. The second-order valence-corrected chi connectivity index (χ2v) is 9.56. The smallest absolute Gasteiger partial charge is 0.311 e. The Bertz CT molecular complexity index is 884. The fourth-order valence-electron chi connectivity index (χ4n) is 5.60. The summed E-state index contributed by atoms with van der Waals surface area (Å²) in [4.78, 5) is 16.7. The molecule has 3 nitrogen and oxygen atoms in total. The van der Waals surface area contributed by atoms with Gasteiger partial charge in [0.1, 0.15) is 5.67 Å². The number of fused-ring (bicyclic) bond motifs is 1. The zero-order valence-corrected chi connectivity index (χ0v) is 18.4. The fraction of sp³-hybridized carbons (Fsp3) is 0.556. The van der Waals surface area contributed by atoms with Gasteiger partial charge in [-0.05, 0) is 87.3 Å². The number of rotatable bonds is 9. The highest BCUT2D eigenvalue weighted by Gasteiger charge is 2.44. The number of nitrogens with zero attached hydrogens (tertiary/aromatic N) is 1. The SMILES string of the molecule is O=C(O)C(c1ccccc1)C1CCC(F)(CCCCCc2ccc3c(n2)CCCC3)C1. The summed E-state index contributed by atoms with van der Waals surface area (Å²) in [5.74, 6) is -1.56. The predicted octanol–water partition coefficient (Wildman–Crippen LogP) is 6.44. The molecular weight excluding hydrogens is 389 g/mol. The maximum absolute atomic E-state index is 15.4. The predicted molar refractivity (Wildman–Crippen MR) is 121 cm³/mol. The molecule has 0 radical (unpaired) electrons. The summed E-state index contributed by atoms with van der Waals surface area (Å²) >= 11 is 0.